The van der Waals surface area contributed by atoms with E-state index in [1.165, 1.54) is 5.56 Å². The molecule has 1 atom stereocenters. The fraction of sp³-hybridized carbons (Fsp3) is 0.474. The molecule has 1 aliphatic heterocycles. The van der Waals surface area contributed by atoms with Gasteiger partial charge in [0.15, 0.2) is 0 Å². The second-order valence-corrected chi connectivity index (χ2v) is 7.26. The van der Waals surface area contributed by atoms with Crippen LogP contribution in [-0.4, -0.2) is 40.6 Å². The van der Waals surface area contributed by atoms with Crippen LogP contribution in [0.4, 0.5) is 0 Å². The Morgan fingerprint density at radius 1 is 1.38 bits per heavy atom. The van der Waals surface area contributed by atoms with E-state index in [0.717, 1.165) is 42.1 Å². The Morgan fingerprint density at radius 3 is 2.88 bits per heavy atom. The molecule has 1 N–H and O–H groups in total. The van der Waals surface area contributed by atoms with E-state index >= 15 is 0 Å². The second kappa shape index (κ2) is 7.90. The number of hydrogen-bond donors (Lipinski definition) is 1. The number of benzene rings is 1. The molecule has 0 radical (unpaired) electrons. The maximum atomic E-state index is 12.5. The molecular formula is C19H24N2O2S. The normalized spacial score (nSPS) is 17.9. The van der Waals surface area contributed by atoms with Crippen molar-refractivity contribution in [2.75, 3.05) is 19.7 Å². The van der Waals surface area contributed by atoms with Crippen molar-refractivity contribution < 1.29 is 9.90 Å². The van der Waals surface area contributed by atoms with Gasteiger partial charge in [0, 0.05) is 30.6 Å². The van der Waals surface area contributed by atoms with Crippen LogP contribution in [0.2, 0.25) is 0 Å². The number of aryl methyl sites for hydroxylation is 1. The first-order valence-electron chi connectivity index (χ1n) is 8.62. The van der Waals surface area contributed by atoms with Crippen LogP contribution in [0.25, 0.3) is 10.6 Å². The Bertz CT molecular complexity index is 681. The van der Waals surface area contributed by atoms with E-state index in [9.17, 15) is 9.90 Å². The molecular weight excluding hydrogens is 320 g/mol. The average molecular weight is 344 g/mol. The molecule has 2 aromatic rings. The summed E-state index contributed by atoms with van der Waals surface area (Å²) in [5.41, 5.74) is 3.26. The Morgan fingerprint density at radius 2 is 2.17 bits per heavy atom. The van der Waals surface area contributed by atoms with Crippen molar-refractivity contribution in [2.24, 2.45) is 5.92 Å². The number of nitrogens with zero attached hydrogens (tertiary/aromatic N) is 2. The van der Waals surface area contributed by atoms with Crippen molar-refractivity contribution >= 4 is 17.2 Å². The molecule has 4 nitrogen and oxygen atoms in total. The minimum absolute atomic E-state index is 0.117. The van der Waals surface area contributed by atoms with Gasteiger partial charge in [0.2, 0.25) is 5.91 Å². The number of thiazole rings is 1. The Labute approximate surface area is 147 Å². The summed E-state index contributed by atoms with van der Waals surface area (Å²) >= 11 is 1.59. The van der Waals surface area contributed by atoms with E-state index in [4.69, 9.17) is 0 Å². The van der Waals surface area contributed by atoms with Gasteiger partial charge in [-0.15, -0.1) is 11.3 Å². The molecule has 1 aromatic carbocycles. The van der Waals surface area contributed by atoms with E-state index in [0.29, 0.717) is 13.0 Å². The lowest BCUT2D eigenvalue weighted by Gasteiger charge is -2.31. The third-order valence-electron chi connectivity index (χ3n) is 4.62. The molecule has 2 heterocycles. The number of aromatic nitrogens is 1. The maximum absolute atomic E-state index is 12.5. The van der Waals surface area contributed by atoms with Crippen LogP contribution in [0.3, 0.4) is 0 Å². The number of amides is 1. The molecule has 0 bridgehead atoms. The van der Waals surface area contributed by atoms with E-state index < -0.39 is 0 Å². The highest BCUT2D eigenvalue weighted by Crippen LogP contribution is 2.25. The van der Waals surface area contributed by atoms with Gasteiger partial charge in [0.1, 0.15) is 5.01 Å². The zero-order valence-corrected chi connectivity index (χ0v) is 14.9. The first-order chi connectivity index (χ1) is 11.7. The lowest BCUT2D eigenvalue weighted by molar-refractivity contribution is -0.132. The van der Waals surface area contributed by atoms with E-state index in [2.05, 4.69) is 36.2 Å². The molecule has 24 heavy (non-hydrogen) atoms. The van der Waals surface area contributed by atoms with Gasteiger partial charge in [-0.2, -0.15) is 0 Å². The number of rotatable bonds is 5. The fourth-order valence-corrected chi connectivity index (χ4v) is 3.94. The first kappa shape index (κ1) is 17.1. The van der Waals surface area contributed by atoms with Gasteiger partial charge >= 0.3 is 0 Å². The van der Waals surface area contributed by atoms with Crippen molar-refractivity contribution in [1.82, 2.24) is 9.88 Å². The summed E-state index contributed by atoms with van der Waals surface area (Å²) < 4.78 is 0. The molecule has 128 valence electrons. The van der Waals surface area contributed by atoms with E-state index in [-0.39, 0.29) is 18.4 Å². The van der Waals surface area contributed by atoms with Gasteiger partial charge in [-0.3, -0.25) is 4.79 Å². The van der Waals surface area contributed by atoms with Crippen molar-refractivity contribution in [2.45, 2.75) is 32.6 Å². The van der Waals surface area contributed by atoms with Crippen LogP contribution in [-0.2, 0) is 17.6 Å². The van der Waals surface area contributed by atoms with Gasteiger partial charge in [-0.05, 0) is 30.7 Å². The van der Waals surface area contributed by atoms with Gasteiger partial charge < -0.3 is 10.0 Å². The van der Waals surface area contributed by atoms with Crippen molar-refractivity contribution in [3.63, 3.8) is 0 Å². The zero-order valence-electron chi connectivity index (χ0n) is 14.1. The van der Waals surface area contributed by atoms with Crippen LogP contribution in [0.1, 0.15) is 31.0 Å². The summed E-state index contributed by atoms with van der Waals surface area (Å²) in [5, 5.41) is 12.2. The van der Waals surface area contributed by atoms with E-state index in [1.54, 1.807) is 11.3 Å². The van der Waals surface area contributed by atoms with Crippen LogP contribution < -0.4 is 0 Å². The number of aliphatic hydroxyl groups excluding tert-OH is 1. The third-order valence-corrected chi connectivity index (χ3v) is 5.56. The van der Waals surface area contributed by atoms with Gasteiger partial charge in [-0.1, -0.05) is 31.2 Å². The predicted molar refractivity (Wildman–Crippen MR) is 97.0 cm³/mol. The lowest BCUT2D eigenvalue weighted by atomic mass is 9.99. The Hall–Kier alpha value is -1.72. The predicted octanol–water partition coefficient (Wildman–Crippen LogP) is 3.15. The molecule has 0 spiro atoms. The number of piperidine rings is 1. The number of carbonyl (C=O) groups is 1. The SMILES string of the molecule is CCc1ccc(-c2nc(CC(=O)N3CCCC(CO)C3)cs2)cc1. The van der Waals surface area contributed by atoms with Crippen molar-refractivity contribution in [3.05, 3.63) is 40.9 Å². The quantitative estimate of drug-likeness (QED) is 0.906. The minimum atomic E-state index is 0.117. The third kappa shape index (κ3) is 4.02. The fourth-order valence-electron chi connectivity index (χ4n) is 3.11. The molecule has 0 aliphatic carbocycles. The van der Waals surface area contributed by atoms with Crippen LogP contribution in [0, 0.1) is 5.92 Å². The summed E-state index contributed by atoms with van der Waals surface area (Å²) in [7, 11) is 0. The summed E-state index contributed by atoms with van der Waals surface area (Å²) in [6.45, 7) is 3.78. The van der Waals surface area contributed by atoms with Gasteiger partial charge in [0.05, 0.1) is 12.1 Å². The van der Waals surface area contributed by atoms with E-state index in [1.807, 2.05) is 10.3 Å². The first-order valence-corrected chi connectivity index (χ1v) is 9.50. The van der Waals surface area contributed by atoms with Crippen molar-refractivity contribution in [1.29, 1.82) is 0 Å². The van der Waals surface area contributed by atoms with Crippen molar-refractivity contribution in [3.8, 4) is 10.6 Å². The summed E-state index contributed by atoms with van der Waals surface area (Å²) in [5.74, 6) is 0.345. The summed E-state index contributed by atoms with van der Waals surface area (Å²) in [6, 6.07) is 8.45. The zero-order chi connectivity index (χ0) is 16.9. The van der Waals surface area contributed by atoms with Crippen LogP contribution in [0.15, 0.2) is 29.6 Å². The largest absolute Gasteiger partial charge is 0.396 e. The highest BCUT2D eigenvalue weighted by atomic mass is 32.1. The van der Waals surface area contributed by atoms with Gasteiger partial charge in [-0.25, -0.2) is 4.98 Å². The number of carbonyl (C=O) groups excluding carboxylic acids is 1. The molecule has 0 saturated carbocycles. The molecule has 1 saturated heterocycles. The Kier molecular flexibility index (Phi) is 5.63. The smallest absolute Gasteiger partial charge is 0.228 e. The summed E-state index contributed by atoms with van der Waals surface area (Å²) in [4.78, 5) is 19.0. The molecule has 1 aliphatic rings. The maximum Gasteiger partial charge on any atom is 0.228 e. The standard InChI is InChI=1S/C19H24N2O2S/c1-2-14-5-7-16(8-6-14)19-20-17(13-24-19)10-18(23)21-9-3-4-15(11-21)12-22/h5-8,13,15,22H,2-4,9-12H2,1H3. The highest BCUT2D eigenvalue weighted by molar-refractivity contribution is 7.13. The van der Waals surface area contributed by atoms with Gasteiger partial charge in [0.25, 0.3) is 0 Å². The topological polar surface area (TPSA) is 53.4 Å². The van der Waals surface area contributed by atoms with Crippen LogP contribution >= 0.6 is 11.3 Å². The molecule has 1 aromatic heterocycles. The molecule has 1 amide bonds. The number of aliphatic hydroxyl groups is 1. The minimum Gasteiger partial charge on any atom is -0.396 e. The second-order valence-electron chi connectivity index (χ2n) is 6.40. The highest BCUT2D eigenvalue weighted by Gasteiger charge is 2.23. The van der Waals surface area contributed by atoms with Crippen LogP contribution in [0.5, 0.6) is 0 Å². The number of hydrogen-bond acceptors (Lipinski definition) is 4. The Balaban J connectivity index is 1.63. The monoisotopic (exact) mass is 344 g/mol. The molecule has 1 unspecified atom stereocenters. The summed E-state index contributed by atoms with van der Waals surface area (Å²) in [6.07, 6.45) is 3.36. The number of likely N-dealkylation sites (tertiary alicyclic amines) is 1. The molecule has 3 rings (SSSR count). The molecule has 5 heteroatoms. The lowest BCUT2D eigenvalue weighted by Crippen LogP contribution is -2.41. The average Bonchev–Trinajstić information content (AvgIpc) is 3.10. The molecule has 1 fully saturated rings.